The Morgan fingerprint density at radius 1 is 0.786 bits per heavy atom. The number of carbonyl (C=O) groups is 2. The third-order valence-corrected chi connectivity index (χ3v) is 1.22. The molecule has 0 unspecified atom stereocenters. The third kappa shape index (κ3) is 6.24. The second-order valence-electron chi connectivity index (χ2n) is 1.53. The molecule has 0 bridgehead atoms. The van der Waals surface area contributed by atoms with Crippen molar-refractivity contribution in [3.05, 3.63) is 0 Å². The molecule has 0 atom stereocenters. The molecule has 0 radical (unpaired) electrons. The number of hydrogen-bond donors (Lipinski definition) is 0. The lowest BCUT2D eigenvalue weighted by Gasteiger charge is -1.95. The molecule has 0 aliphatic carbocycles. The number of hydrogen-bond acceptors (Lipinski definition) is 8. The van der Waals surface area contributed by atoms with Crippen LogP contribution >= 0.6 is 0 Å². The normalized spacial score (nSPS) is 11.9. The zero-order valence-corrected chi connectivity index (χ0v) is 7.47. The Morgan fingerprint density at radius 2 is 1.00 bits per heavy atom. The summed E-state index contributed by atoms with van der Waals surface area (Å²) in [4.78, 5) is 20.2. The Labute approximate surface area is 76.2 Å². The lowest BCUT2D eigenvalue weighted by Crippen LogP contribution is -2.23. The molecule has 0 amide bonds. The lowest BCUT2D eigenvalue weighted by atomic mass is 10.7. The van der Waals surface area contributed by atoms with Crippen molar-refractivity contribution in [2.75, 3.05) is 0 Å². The lowest BCUT2D eigenvalue weighted by molar-refractivity contribution is -0.156. The maximum Gasteiger partial charge on any atom is 0.491 e. The number of rotatable bonds is 2. The van der Waals surface area contributed by atoms with Gasteiger partial charge in [0.25, 0.3) is 0 Å². The molecule has 0 N–H and O–H groups in total. The van der Waals surface area contributed by atoms with Gasteiger partial charge in [0.1, 0.15) is 0 Å². The first-order valence-electron chi connectivity index (χ1n) is 2.38. The fraction of sp³-hybridized carbons (Fsp3) is 0. The highest BCUT2D eigenvalue weighted by atomic mass is 32.3. The Hall–Kier alpha value is -1.30. The van der Waals surface area contributed by atoms with Gasteiger partial charge >= 0.3 is 32.9 Å². The molecule has 0 aromatic carbocycles. The quantitative estimate of drug-likeness (QED) is 0.431. The van der Waals surface area contributed by atoms with Gasteiger partial charge in [0.2, 0.25) is 0 Å². The van der Waals surface area contributed by atoms with Gasteiger partial charge in [-0.25, -0.2) is 9.59 Å². The van der Waals surface area contributed by atoms with E-state index in [1.165, 1.54) is 0 Å². The summed E-state index contributed by atoms with van der Waals surface area (Å²) in [6.45, 7) is 0. The van der Waals surface area contributed by atoms with Crippen molar-refractivity contribution in [1.82, 2.24) is 0 Å². The van der Waals surface area contributed by atoms with Gasteiger partial charge < -0.3 is 8.37 Å². The molecule has 0 heterocycles. The van der Waals surface area contributed by atoms with E-state index in [2.05, 4.69) is 8.37 Å². The fourth-order valence-electron chi connectivity index (χ4n) is 0.249. The van der Waals surface area contributed by atoms with E-state index < -0.39 is 32.9 Å². The van der Waals surface area contributed by atoms with Crippen LogP contribution in [0.1, 0.15) is 0 Å². The summed E-state index contributed by atoms with van der Waals surface area (Å²) < 4.78 is 66.6. The molecule has 0 aromatic heterocycles. The summed E-state index contributed by atoms with van der Waals surface area (Å²) >= 11 is 0. The van der Waals surface area contributed by atoms with Crippen molar-refractivity contribution in [3.63, 3.8) is 0 Å². The zero-order valence-electron chi connectivity index (χ0n) is 5.84. The molecule has 0 aromatic rings. The first-order chi connectivity index (χ1) is 6.01. The van der Waals surface area contributed by atoms with Gasteiger partial charge in [0.05, 0.1) is 0 Å². The topological polar surface area (TPSA) is 121 Å². The van der Waals surface area contributed by atoms with Crippen molar-refractivity contribution in [2.24, 2.45) is 0 Å². The SMILES string of the molecule is O=C(OS(=O)(=O)F)C(=O)OS(=O)(=O)F. The summed E-state index contributed by atoms with van der Waals surface area (Å²) in [6.07, 6.45) is 0. The van der Waals surface area contributed by atoms with Gasteiger partial charge in [0.15, 0.2) is 0 Å². The van der Waals surface area contributed by atoms with Gasteiger partial charge in [-0.15, -0.1) is 0 Å². The minimum Gasteiger partial charge on any atom is -0.311 e. The molecule has 0 aliphatic rings. The predicted molar refractivity (Wildman–Crippen MR) is 32.2 cm³/mol. The highest BCUT2D eigenvalue weighted by Crippen LogP contribution is 2.00. The van der Waals surface area contributed by atoms with Crippen LogP contribution in [0.2, 0.25) is 0 Å². The number of carbonyl (C=O) groups excluding carboxylic acids is 2. The highest BCUT2D eigenvalue weighted by molar-refractivity contribution is 7.82. The average molecular weight is 254 g/mol. The molecule has 0 fully saturated rings. The Kier molecular flexibility index (Phi) is 3.47. The second-order valence-corrected chi connectivity index (χ2v) is 3.43. The van der Waals surface area contributed by atoms with Gasteiger partial charge in [-0.05, 0) is 0 Å². The van der Waals surface area contributed by atoms with Crippen LogP contribution in [0.25, 0.3) is 0 Å². The van der Waals surface area contributed by atoms with Crippen LogP contribution in [-0.2, 0) is 39.0 Å². The molecule has 8 nitrogen and oxygen atoms in total. The Balaban J connectivity index is 4.53. The molecule has 0 saturated carbocycles. The second kappa shape index (κ2) is 3.83. The molecule has 0 spiro atoms. The molecule has 0 rings (SSSR count). The van der Waals surface area contributed by atoms with E-state index in [1.54, 1.807) is 0 Å². The monoisotopic (exact) mass is 254 g/mol. The van der Waals surface area contributed by atoms with Crippen LogP contribution in [0.5, 0.6) is 0 Å². The maximum absolute atomic E-state index is 11.5. The summed E-state index contributed by atoms with van der Waals surface area (Å²) in [6, 6.07) is 0. The van der Waals surface area contributed by atoms with E-state index in [-0.39, 0.29) is 0 Å². The molecule has 0 aliphatic heterocycles. The van der Waals surface area contributed by atoms with Crippen molar-refractivity contribution in [3.8, 4) is 0 Å². The van der Waals surface area contributed by atoms with Crippen molar-refractivity contribution >= 4 is 32.9 Å². The highest BCUT2D eigenvalue weighted by Gasteiger charge is 2.29. The average Bonchev–Trinajstić information content (AvgIpc) is 1.78. The molecule has 14 heavy (non-hydrogen) atoms. The summed E-state index contributed by atoms with van der Waals surface area (Å²) in [5.41, 5.74) is 0. The van der Waals surface area contributed by atoms with Gasteiger partial charge in [0, 0.05) is 0 Å². The van der Waals surface area contributed by atoms with Crippen LogP contribution in [0.3, 0.4) is 0 Å². The van der Waals surface area contributed by atoms with Gasteiger partial charge in [-0.1, -0.05) is 7.77 Å². The minimum atomic E-state index is -5.79. The first kappa shape index (κ1) is 12.7. The molecular formula is C2F2O8S2. The molecule has 12 heteroatoms. The van der Waals surface area contributed by atoms with Crippen LogP contribution in [0.4, 0.5) is 7.77 Å². The molecular weight excluding hydrogens is 254 g/mol. The van der Waals surface area contributed by atoms with E-state index in [4.69, 9.17) is 0 Å². The van der Waals surface area contributed by atoms with Gasteiger partial charge in [-0.3, -0.25) is 0 Å². The van der Waals surface area contributed by atoms with Crippen molar-refractivity contribution < 1.29 is 42.6 Å². The van der Waals surface area contributed by atoms with Crippen molar-refractivity contribution in [2.45, 2.75) is 0 Å². The van der Waals surface area contributed by atoms with Crippen molar-refractivity contribution in [1.29, 1.82) is 0 Å². The summed E-state index contributed by atoms with van der Waals surface area (Å²) in [5.74, 6) is -5.07. The largest absolute Gasteiger partial charge is 0.491 e. The number of halogens is 2. The third-order valence-electron chi connectivity index (χ3n) is 0.517. The van der Waals surface area contributed by atoms with Crippen LogP contribution in [0.15, 0.2) is 0 Å². The van der Waals surface area contributed by atoms with Crippen LogP contribution in [0, 0.1) is 0 Å². The summed E-state index contributed by atoms with van der Waals surface area (Å²) in [7, 11) is -11.6. The molecule has 82 valence electrons. The van der Waals surface area contributed by atoms with E-state index in [9.17, 15) is 34.2 Å². The van der Waals surface area contributed by atoms with E-state index >= 15 is 0 Å². The molecule has 0 saturated heterocycles. The minimum absolute atomic E-state index is 2.53. The fourth-order valence-corrected chi connectivity index (χ4v) is 0.747. The maximum atomic E-state index is 11.5. The van der Waals surface area contributed by atoms with E-state index in [0.29, 0.717) is 0 Å². The summed E-state index contributed by atoms with van der Waals surface area (Å²) in [5, 5.41) is 0. The van der Waals surface area contributed by atoms with Crippen LogP contribution < -0.4 is 0 Å². The van der Waals surface area contributed by atoms with E-state index in [1.807, 2.05) is 0 Å². The smallest absolute Gasteiger partial charge is 0.311 e. The predicted octanol–water partition coefficient (Wildman–Crippen LogP) is -1.50. The van der Waals surface area contributed by atoms with Crippen LogP contribution in [-0.4, -0.2) is 28.8 Å². The standard InChI is InChI=1S/C2F2O8S2/c3-13(7,8)11-1(5)2(6)12-14(4,9)10. The Morgan fingerprint density at radius 3 is 1.14 bits per heavy atom. The van der Waals surface area contributed by atoms with Gasteiger partial charge in [-0.2, -0.15) is 16.8 Å². The van der Waals surface area contributed by atoms with E-state index in [0.717, 1.165) is 0 Å². The zero-order chi connectivity index (χ0) is 11.6. The Bertz CT molecular complexity index is 400. The first-order valence-corrected chi connectivity index (χ1v) is 4.99.